The van der Waals surface area contributed by atoms with E-state index in [-0.39, 0.29) is 0 Å². The average molecular weight is 239 g/mol. The van der Waals surface area contributed by atoms with Gasteiger partial charge in [0.05, 0.1) is 6.10 Å². The van der Waals surface area contributed by atoms with E-state index < -0.39 is 0 Å². The molecule has 2 aliphatic rings. The first kappa shape index (κ1) is 13.4. The molecule has 0 bridgehead atoms. The molecule has 2 nitrogen and oxygen atoms in total. The van der Waals surface area contributed by atoms with Gasteiger partial charge >= 0.3 is 0 Å². The van der Waals surface area contributed by atoms with Crippen molar-refractivity contribution in [1.82, 2.24) is 5.32 Å². The summed E-state index contributed by atoms with van der Waals surface area (Å²) in [5.74, 6) is 1.92. The van der Waals surface area contributed by atoms with Crippen LogP contribution in [0.15, 0.2) is 0 Å². The molecule has 100 valence electrons. The molecule has 17 heavy (non-hydrogen) atoms. The highest BCUT2D eigenvalue weighted by Gasteiger charge is 2.27. The predicted molar refractivity (Wildman–Crippen MR) is 72.2 cm³/mol. The van der Waals surface area contributed by atoms with Crippen molar-refractivity contribution in [3.63, 3.8) is 0 Å². The molecule has 2 heteroatoms. The molecule has 1 aliphatic heterocycles. The Morgan fingerprint density at radius 2 is 1.94 bits per heavy atom. The lowest BCUT2D eigenvalue weighted by molar-refractivity contribution is 0.0959. The molecule has 0 aromatic carbocycles. The fraction of sp³-hybridized carbons (Fsp3) is 1.00. The first-order valence-electron chi connectivity index (χ1n) is 7.72. The van der Waals surface area contributed by atoms with Crippen LogP contribution in [0.4, 0.5) is 0 Å². The standard InChI is InChI=1S/C15H29NO/c1-2-10-16-12-14-6-3-5-13(14)8-9-15-7-4-11-17-15/h13-16H,2-12H2,1H3. The van der Waals surface area contributed by atoms with Crippen LogP contribution in [0.3, 0.4) is 0 Å². The Hall–Kier alpha value is -0.0800. The molecule has 1 N–H and O–H groups in total. The van der Waals surface area contributed by atoms with Gasteiger partial charge in [0.2, 0.25) is 0 Å². The summed E-state index contributed by atoms with van der Waals surface area (Å²) in [6.45, 7) is 5.70. The lowest BCUT2D eigenvalue weighted by atomic mass is 9.90. The summed E-state index contributed by atoms with van der Waals surface area (Å²) in [4.78, 5) is 0. The van der Waals surface area contributed by atoms with E-state index >= 15 is 0 Å². The minimum atomic E-state index is 0.597. The van der Waals surface area contributed by atoms with E-state index in [1.165, 1.54) is 64.5 Å². The summed E-state index contributed by atoms with van der Waals surface area (Å²) in [6.07, 6.45) is 11.5. The molecule has 1 saturated carbocycles. The third-order valence-corrected chi connectivity index (χ3v) is 4.53. The van der Waals surface area contributed by atoms with Gasteiger partial charge in [0.25, 0.3) is 0 Å². The molecule has 0 amide bonds. The van der Waals surface area contributed by atoms with Crippen molar-refractivity contribution in [1.29, 1.82) is 0 Å². The van der Waals surface area contributed by atoms with Gasteiger partial charge in [-0.05, 0) is 63.5 Å². The average Bonchev–Trinajstić information content (AvgIpc) is 2.97. The van der Waals surface area contributed by atoms with Crippen LogP contribution in [0.1, 0.15) is 58.3 Å². The normalized spacial score (nSPS) is 33.4. The predicted octanol–water partition coefficient (Wildman–Crippen LogP) is 3.36. The van der Waals surface area contributed by atoms with Crippen LogP contribution < -0.4 is 5.32 Å². The Morgan fingerprint density at radius 1 is 1.06 bits per heavy atom. The van der Waals surface area contributed by atoms with Gasteiger partial charge in [-0.1, -0.05) is 19.8 Å². The van der Waals surface area contributed by atoms with Crippen LogP contribution in [0, 0.1) is 11.8 Å². The highest BCUT2D eigenvalue weighted by Crippen LogP contribution is 2.35. The van der Waals surface area contributed by atoms with E-state index in [0.717, 1.165) is 18.4 Å². The van der Waals surface area contributed by atoms with Gasteiger partial charge in [0.15, 0.2) is 0 Å². The molecule has 1 aliphatic carbocycles. The van der Waals surface area contributed by atoms with E-state index in [2.05, 4.69) is 12.2 Å². The number of hydrogen-bond donors (Lipinski definition) is 1. The summed E-state index contributed by atoms with van der Waals surface area (Å²) >= 11 is 0. The molecule has 0 radical (unpaired) electrons. The van der Waals surface area contributed by atoms with E-state index in [0.29, 0.717) is 6.10 Å². The maximum absolute atomic E-state index is 5.73. The van der Waals surface area contributed by atoms with Gasteiger partial charge in [-0.2, -0.15) is 0 Å². The Balaban J connectivity index is 1.63. The van der Waals surface area contributed by atoms with Gasteiger partial charge in [-0.15, -0.1) is 0 Å². The Bertz CT molecular complexity index is 201. The number of nitrogens with one attached hydrogen (secondary N) is 1. The van der Waals surface area contributed by atoms with E-state index in [9.17, 15) is 0 Å². The van der Waals surface area contributed by atoms with Crippen molar-refractivity contribution in [2.24, 2.45) is 11.8 Å². The molecule has 3 atom stereocenters. The highest BCUT2D eigenvalue weighted by molar-refractivity contribution is 4.80. The smallest absolute Gasteiger partial charge is 0.0576 e. The molecule has 1 saturated heterocycles. The molecular formula is C15H29NO. The van der Waals surface area contributed by atoms with Gasteiger partial charge in [-0.25, -0.2) is 0 Å². The largest absolute Gasteiger partial charge is 0.378 e. The number of rotatable bonds is 7. The van der Waals surface area contributed by atoms with Crippen LogP contribution in [-0.2, 0) is 4.74 Å². The molecule has 2 fully saturated rings. The van der Waals surface area contributed by atoms with Crippen molar-refractivity contribution in [3.8, 4) is 0 Å². The van der Waals surface area contributed by atoms with E-state index in [1.807, 2.05) is 0 Å². The fourth-order valence-corrected chi connectivity index (χ4v) is 3.50. The summed E-state index contributed by atoms with van der Waals surface area (Å²) in [5, 5.41) is 3.60. The monoisotopic (exact) mass is 239 g/mol. The first-order valence-corrected chi connectivity index (χ1v) is 7.72. The number of hydrogen-bond acceptors (Lipinski definition) is 2. The topological polar surface area (TPSA) is 21.3 Å². The molecule has 0 aromatic heterocycles. The Morgan fingerprint density at radius 3 is 2.71 bits per heavy atom. The lowest BCUT2D eigenvalue weighted by Gasteiger charge is -2.21. The second kappa shape index (κ2) is 7.38. The third kappa shape index (κ3) is 4.26. The first-order chi connectivity index (χ1) is 8.40. The van der Waals surface area contributed by atoms with Gasteiger partial charge < -0.3 is 10.1 Å². The van der Waals surface area contributed by atoms with Crippen LogP contribution in [0.25, 0.3) is 0 Å². The molecule has 0 aromatic rings. The lowest BCUT2D eigenvalue weighted by Crippen LogP contribution is -2.26. The van der Waals surface area contributed by atoms with Gasteiger partial charge in [-0.3, -0.25) is 0 Å². The maximum Gasteiger partial charge on any atom is 0.0576 e. The minimum Gasteiger partial charge on any atom is -0.378 e. The zero-order valence-corrected chi connectivity index (χ0v) is 11.4. The van der Waals surface area contributed by atoms with Crippen molar-refractivity contribution < 1.29 is 4.74 Å². The van der Waals surface area contributed by atoms with Gasteiger partial charge in [0.1, 0.15) is 0 Å². The molecule has 1 heterocycles. The minimum absolute atomic E-state index is 0.597. The highest BCUT2D eigenvalue weighted by atomic mass is 16.5. The number of ether oxygens (including phenoxy) is 1. The summed E-state index contributed by atoms with van der Waals surface area (Å²) in [7, 11) is 0. The second-order valence-electron chi connectivity index (χ2n) is 5.87. The Labute approximate surface area is 107 Å². The van der Waals surface area contributed by atoms with Crippen LogP contribution >= 0.6 is 0 Å². The van der Waals surface area contributed by atoms with Crippen molar-refractivity contribution in [2.45, 2.75) is 64.4 Å². The van der Waals surface area contributed by atoms with Crippen molar-refractivity contribution >= 4 is 0 Å². The fourth-order valence-electron chi connectivity index (χ4n) is 3.50. The summed E-state index contributed by atoms with van der Waals surface area (Å²) in [6, 6.07) is 0. The summed E-state index contributed by atoms with van der Waals surface area (Å²) < 4.78 is 5.73. The maximum atomic E-state index is 5.73. The van der Waals surface area contributed by atoms with Crippen LogP contribution in [0.2, 0.25) is 0 Å². The van der Waals surface area contributed by atoms with Crippen molar-refractivity contribution in [3.05, 3.63) is 0 Å². The van der Waals surface area contributed by atoms with Crippen LogP contribution in [0.5, 0.6) is 0 Å². The Kier molecular flexibility index (Phi) is 5.79. The SMILES string of the molecule is CCCNCC1CCCC1CCC1CCCO1. The quantitative estimate of drug-likeness (QED) is 0.688. The van der Waals surface area contributed by atoms with Gasteiger partial charge in [0, 0.05) is 6.61 Å². The zero-order valence-electron chi connectivity index (χ0n) is 11.4. The molecule has 2 rings (SSSR count). The van der Waals surface area contributed by atoms with E-state index in [4.69, 9.17) is 4.74 Å². The van der Waals surface area contributed by atoms with Crippen molar-refractivity contribution in [2.75, 3.05) is 19.7 Å². The molecule has 0 spiro atoms. The van der Waals surface area contributed by atoms with E-state index in [1.54, 1.807) is 0 Å². The second-order valence-corrected chi connectivity index (χ2v) is 5.87. The zero-order chi connectivity index (χ0) is 11.9. The molecule has 3 unspecified atom stereocenters. The van der Waals surface area contributed by atoms with Crippen LogP contribution in [-0.4, -0.2) is 25.8 Å². The third-order valence-electron chi connectivity index (χ3n) is 4.53. The summed E-state index contributed by atoms with van der Waals surface area (Å²) in [5.41, 5.74) is 0. The molecular weight excluding hydrogens is 210 g/mol.